The Balaban J connectivity index is 2.18. The third kappa shape index (κ3) is 2.96. The standard InChI is InChI=1S/C12H16ClNO3S/c1-9(15)11-3-2-10(8-12(11)13)14-4-6-18(16,17)7-5-14/h2-3,8-9,15H,4-7H2,1H3. The maximum Gasteiger partial charge on any atom is 0.153 e. The van der Waals surface area contributed by atoms with Crippen LogP contribution >= 0.6 is 11.6 Å². The summed E-state index contributed by atoms with van der Waals surface area (Å²) in [6.45, 7) is 2.65. The van der Waals surface area contributed by atoms with Gasteiger partial charge in [0.05, 0.1) is 17.6 Å². The number of rotatable bonds is 2. The van der Waals surface area contributed by atoms with Crippen LogP contribution in [-0.2, 0) is 9.84 Å². The molecule has 1 aliphatic heterocycles. The van der Waals surface area contributed by atoms with Crippen molar-refractivity contribution < 1.29 is 13.5 Å². The highest BCUT2D eigenvalue weighted by molar-refractivity contribution is 7.91. The van der Waals surface area contributed by atoms with Gasteiger partial charge in [0.1, 0.15) is 0 Å². The van der Waals surface area contributed by atoms with E-state index in [1.165, 1.54) is 0 Å². The third-order valence-electron chi connectivity index (χ3n) is 3.14. The summed E-state index contributed by atoms with van der Waals surface area (Å²) < 4.78 is 22.7. The zero-order valence-electron chi connectivity index (χ0n) is 10.1. The minimum Gasteiger partial charge on any atom is -0.389 e. The lowest BCUT2D eigenvalue weighted by atomic mass is 10.1. The SMILES string of the molecule is CC(O)c1ccc(N2CCS(=O)(=O)CC2)cc1Cl. The van der Waals surface area contributed by atoms with E-state index in [0.29, 0.717) is 23.7 Å². The number of nitrogens with zero attached hydrogens (tertiary/aromatic N) is 1. The molecule has 0 aliphatic carbocycles. The van der Waals surface area contributed by atoms with Crippen LogP contribution in [0.5, 0.6) is 0 Å². The molecule has 1 heterocycles. The van der Waals surface area contributed by atoms with E-state index >= 15 is 0 Å². The Bertz CT molecular complexity index is 528. The fraction of sp³-hybridized carbons (Fsp3) is 0.500. The van der Waals surface area contributed by atoms with Crippen molar-refractivity contribution in [2.45, 2.75) is 13.0 Å². The summed E-state index contributed by atoms with van der Waals surface area (Å²) in [5.74, 6) is 0.367. The molecule has 1 N–H and O–H groups in total. The monoisotopic (exact) mass is 289 g/mol. The summed E-state index contributed by atoms with van der Waals surface area (Å²) in [4.78, 5) is 2.00. The van der Waals surface area contributed by atoms with Gasteiger partial charge in [-0.3, -0.25) is 0 Å². The van der Waals surface area contributed by atoms with Gasteiger partial charge < -0.3 is 10.0 Å². The van der Waals surface area contributed by atoms with E-state index in [0.717, 1.165) is 5.69 Å². The first-order chi connectivity index (χ1) is 8.39. The van der Waals surface area contributed by atoms with E-state index in [-0.39, 0.29) is 11.5 Å². The number of anilines is 1. The molecule has 2 rings (SSSR count). The van der Waals surface area contributed by atoms with Crippen LogP contribution in [0.3, 0.4) is 0 Å². The van der Waals surface area contributed by atoms with E-state index in [9.17, 15) is 13.5 Å². The lowest BCUT2D eigenvalue weighted by Crippen LogP contribution is -2.40. The van der Waals surface area contributed by atoms with Crippen molar-refractivity contribution in [3.8, 4) is 0 Å². The smallest absolute Gasteiger partial charge is 0.153 e. The fourth-order valence-electron chi connectivity index (χ4n) is 2.02. The average Bonchev–Trinajstić information content (AvgIpc) is 2.28. The quantitative estimate of drug-likeness (QED) is 0.899. The van der Waals surface area contributed by atoms with Crippen LogP contribution in [0, 0.1) is 0 Å². The summed E-state index contributed by atoms with van der Waals surface area (Å²) in [5, 5.41) is 10.0. The molecule has 1 aromatic rings. The van der Waals surface area contributed by atoms with Gasteiger partial charge in [0.25, 0.3) is 0 Å². The number of hydrogen-bond donors (Lipinski definition) is 1. The Kier molecular flexibility index (Phi) is 3.84. The number of halogens is 1. The third-order valence-corrected chi connectivity index (χ3v) is 5.08. The van der Waals surface area contributed by atoms with Gasteiger partial charge in [0.15, 0.2) is 9.84 Å². The zero-order chi connectivity index (χ0) is 13.3. The fourth-order valence-corrected chi connectivity index (χ4v) is 3.56. The van der Waals surface area contributed by atoms with E-state index in [1.54, 1.807) is 19.1 Å². The number of sulfone groups is 1. The van der Waals surface area contributed by atoms with Crippen LogP contribution in [0.4, 0.5) is 5.69 Å². The van der Waals surface area contributed by atoms with Crippen molar-refractivity contribution in [3.05, 3.63) is 28.8 Å². The zero-order valence-corrected chi connectivity index (χ0v) is 11.7. The molecular weight excluding hydrogens is 274 g/mol. The van der Waals surface area contributed by atoms with Crippen molar-refractivity contribution >= 4 is 27.1 Å². The number of aliphatic hydroxyl groups excluding tert-OH is 1. The van der Waals surface area contributed by atoms with Crippen LogP contribution in [-0.4, -0.2) is 38.1 Å². The lowest BCUT2D eigenvalue weighted by molar-refractivity contribution is 0.199. The van der Waals surface area contributed by atoms with Crippen LogP contribution in [0.25, 0.3) is 0 Å². The molecule has 6 heteroatoms. The molecule has 0 saturated carbocycles. The second-order valence-electron chi connectivity index (χ2n) is 4.52. The van der Waals surface area contributed by atoms with E-state index in [1.807, 2.05) is 11.0 Å². The first kappa shape index (κ1) is 13.6. The summed E-state index contributed by atoms with van der Waals surface area (Å²) in [7, 11) is -2.87. The molecule has 4 nitrogen and oxygen atoms in total. The molecule has 100 valence electrons. The van der Waals surface area contributed by atoms with Crippen molar-refractivity contribution in [1.29, 1.82) is 0 Å². The van der Waals surface area contributed by atoms with Gasteiger partial charge in [0.2, 0.25) is 0 Å². The van der Waals surface area contributed by atoms with Crippen molar-refractivity contribution in [2.24, 2.45) is 0 Å². The number of hydrogen-bond acceptors (Lipinski definition) is 4. The minimum atomic E-state index is -2.87. The van der Waals surface area contributed by atoms with Gasteiger partial charge in [0, 0.05) is 23.8 Å². The largest absolute Gasteiger partial charge is 0.389 e. The molecule has 1 atom stereocenters. The van der Waals surface area contributed by atoms with E-state index < -0.39 is 15.9 Å². The highest BCUT2D eigenvalue weighted by atomic mass is 35.5. The second-order valence-corrected chi connectivity index (χ2v) is 7.23. The molecule has 1 aliphatic rings. The maximum atomic E-state index is 11.4. The summed E-state index contributed by atoms with van der Waals surface area (Å²) in [6, 6.07) is 5.43. The summed E-state index contributed by atoms with van der Waals surface area (Å²) in [6.07, 6.45) is -0.603. The van der Waals surface area contributed by atoms with Gasteiger partial charge in [-0.1, -0.05) is 17.7 Å². The Morgan fingerprint density at radius 2 is 1.94 bits per heavy atom. The molecule has 1 saturated heterocycles. The first-order valence-electron chi connectivity index (χ1n) is 5.82. The first-order valence-corrected chi connectivity index (χ1v) is 8.02. The van der Waals surface area contributed by atoms with Crippen LogP contribution in [0.1, 0.15) is 18.6 Å². The normalized spacial score (nSPS) is 20.7. The minimum absolute atomic E-state index is 0.183. The van der Waals surface area contributed by atoms with Crippen molar-refractivity contribution in [2.75, 3.05) is 29.5 Å². The highest BCUT2D eigenvalue weighted by Gasteiger charge is 2.22. The van der Waals surface area contributed by atoms with Crippen molar-refractivity contribution in [3.63, 3.8) is 0 Å². The molecule has 0 bridgehead atoms. The summed E-state index contributed by atoms with van der Waals surface area (Å²) in [5.41, 5.74) is 1.59. The number of benzene rings is 1. The Morgan fingerprint density at radius 1 is 1.33 bits per heavy atom. The second kappa shape index (κ2) is 5.07. The van der Waals surface area contributed by atoms with Crippen LogP contribution in [0.15, 0.2) is 18.2 Å². The van der Waals surface area contributed by atoms with Gasteiger partial charge in [-0.15, -0.1) is 0 Å². The van der Waals surface area contributed by atoms with Gasteiger partial charge >= 0.3 is 0 Å². The molecule has 1 fully saturated rings. The Morgan fingerprint density at radius 3 is 2.44 bits per heavy atom. The van der Waals surface area contributed by atoms with Gasteiger partial charge in [-0.2, -0.15) is 0 Å². The maximum absolute atomic E-state index is 11.4. The van der Waals surface area contributed by atoms with Crippen LogP contribution < -0.4 is 4.90 Å². The average molecular weight is 290 g/mol. The Labute approximate surface area is 112 Å². The molecule has 1 aromatic carbocycles. The van der Waals surface area contributed by atoms with Gasteiger partial charge in [-0.25, -0.2) is 8.42 Å². The molecule has 0 radical (unpaired) electrons. The van der Waals surface area contributed by atoms with E-state index in [4.69, 9.17) is 11.6 Å². The predicted molar refractivity (Wildman–Crippen MR) is 73.0 cm³/mol. The Hall–Kier alpha value is -0.780. The molecule has 0 aromatic heterocycles. The molecule has 18 heavy (non-hydrogen) atoms. The molecule has 0 amide bonds. The van der Waals surface area contributed by atoms with Gasteiger partial charge in [-0.05, 0) is 24.6 Å². The predicted octanol–water partition coefficient (Wildman–Crippen LogP) is 1.63. The highest BCUT2D eigenvalue weighted by Crippen LogP contribution is 2.28. The summed E-state index contributed by atoms with van der Waals surface area (Å²) >= 11 is 6.09. The van der Waals surface area contributed by atoms with Crippen LogP contribution in [0.2, 0.25) is 5.02 Å². The topological polar surface area (TPSA) is 57.6 Å². The lowest BCUT2D eigenvalue weighted by Gasteiger charge is -2.29. The van der Waals surface area contributed by atoms with Crippen molar-refractivity contribution in [1.82, 2.24) is 0 Å². The molecule has 0 spiro atoms. The molecular formula is C12H16ClNO3S. The number of aliphatic hydroxyl groups is 1. The van der Waals surface area contributed by atoms with E-state index in [2.05, 4.69) is 0 Å². The molecule has 1 unspecified atom stereocenters.